The molecule has 0 bridgehead atoms. The largest absolute Gasteiger partial charge is 0.477 e. The van der Waals surface area contributed by atoms with Gasteiger partial charge in [-0.2, -0.15) is 0 Å². The van der Waals surface area contributed by atoms with Crippen LogP contribution in [0.25, 0.3) is 0 Å². The predicted octanol–water partition coefficient (Wildman–Crippen LogP) is -0.427. The summed E-state index contributed by atoms with van der Waals surface area (Å²) in [5.74, 6) is -0.944. The van der Waals surface area contributed by atoms with Crippen LogP contribution in [0.3, 0.4) is 0 Å². The zero-order chi connectivity index (χ0) is 28.1. The van der Waals surface area contributed by atoms with E-state index in [9.17, 15) is 24.3 Å². The summed E-state index contributed by atoms with van der Waals surface area (Å²) in [6.45, 7) is 8.09. The molecule has 0 radical (unpaired) electrons. The topological polar surface area (TPSA) is 163 Å². The van der Waals surface area contributed by atoms with Crippen LogP contribution in [-0.4, -0.2) is 109 Å². The van der Waals surface area contributed by atoms with Crippen LogP contribution in [-0.2, 0) is 25.7 Å². The van der Waals surface area contributed by atoms with Crippen molar-refractivity contribution in [2.75, 3.05) is 32.7 Å². The molecule has 5 aliphatic rings. The highest BCUT2D eigenvalue weighted by Crippen LogP contribution is 2.53. The molecule has 4 fully saturated rings. The smallest absolute Gasteiger partial charge is 0.353 e. The lowest BCUT2D eigenvalue weighted by Gasteiger charge is -2.47. The maximum Gasteiger partial charge on any atom is 0.353 e. The highest BCUT2D eigenvalue weighted by molar-refractivity contribution is 8.03. The molecule has 0 aromatic carbocycles. The van der Waals surface area contributed by atoms with E-state index in [0.29, 0.717) is 29.7 Å². The first-order chi connectivity index (χ1) is 19.2. The normalized spacial score (nSPS) is 34.0. The molecular weight excluding hydrogens is 536 g/mol. The fourth-order valence-electron chi connectivity index (χ4n) is 7.37. The number of amides is 2. The number of carboxylic acid groups (broad SMARTS) is 1. The van der Waals surface area contributed by atoms with E-state index in [-0.39, 0.29) is 65.4 Å². The SMILES string of the molecule is C[C@@H](CC(=O)Cn1cnnn1)[C@H]1C(=O)N2C(C(=O)O)=C(S[C@@H]3CN[C@H](C(=O)N4CCC5CNC[C@@H]5C4)C3)[C@H](C)[C@H]12. The Bertz CT molecular complexity index is 1220. The van der Waals surface area contributed by atoms with Crippen molar-refractivity contribution in [2.45, 2.75) is 57.0 Å². The van der Waals surface area contributed by atoms with E-state index in [2.05, 4.69) is 26.2 Å². The second-order valence-electron chi connectivity index (χ2n) is 11.9. The number of hydrogen-bond acceptors (Lipinski definition) is 10. The molecule has 3 N–H and O–H groups in total. The Balaban J connectivity index is 1.08. The van der Waals surface area contributed by atoms with Crippen LogP contribution in [0.2, 0.25) is 0 Å². The van der Waals surface area contributed by atoms with Crippen molar-refractivity contribution in [2.24, 2.45) is 29.6 Å². The van der Waals surface area contributed by atoms with E-state index >= 15 is 0 Å². The number of carbonyl (C=O) groups is 4. The number of rotatable bonds is 9. The molecule has 6 heterocycles. The van der Waals surface area contributed by atoms with Gasteiger partial charge in [0.25, 0.3) is 0 Å². The summed E-state index contributed by atoms with van der Waals surface area (Å²) in [6.07, 6.45) is 3.21. The number of carbonyl (C=O) groups excluding carboxylic acids is 3. The number of nitrogens with one attached hydrogen (secondary N) is 2. The molecule has 0 aliphatic carbocycles. The molecular formula is C26H36N8O5S. The van der Waals surface area contributed by atoms with E-state index < -0.39 is 11.9 Å². The van der Waals surface area contributed by atoms with Crippen molar-refractivity contribution in [3.63, 3.8) is 0 Å². The molecule has 0 saturated carbocycles. The number of nitrogens with zero attached hydrogens (tertiary/aromatic N) is 6. The van der Waals surface area contributed by atoms with Crippen molar-refractivity contribution in [3.8, 4) is 0 Å². The summed E-state index contributed by atoms with van der Waals surface area (Å²) in [4.78, 5) is 55.6. The number of Topliss-reactive ketones (excluding diaryl/α,β-unsaturated/α-hetero) is 1. The van der Waals surface area contributed by atoms with Crippen LogP contribution in [0.5, 0.6) is 0 Å². The highest BCUT2D eigenvalue weighted by atomic mass is 32.2. The minimum Gasteiger partial charge on any atom is -0.477 e. The number of aromatic nitrogens is 4. The van der Waals surface area contributed by atoms with E-state index in [4.69, 9.17) is 0 Å². The summed E-state index contributed by atoms with van der Waals surface area (Å²) in [6, 6.07) is -0.559. The molecule has 2 amide bonds. The van der Waals surface area contributed by atoms with Crippen molar-refractivity contribution < 1.29 is 24.3 Å². The van der Waals surface area contributed by atoms with E-state index in [1.165, 1.54) is 27.7 Å². The van der Waals surface area contributed by atoms with Crippen LogP contribution in [0, 0.1) is 29.6 Å². The Morgan fingerprint density at radius 3 is 2.77 bits per heavy atom. The Labute approximate surface area is 236 Å². The summed E-state index contributed by atoms with van der Waals surface area (Å²) >= 11 is 1.49. The molecule has 1 aromatic heterocycles. The summed E-state index contributed by atoms with van der Waals surface area (Å²) in [7, 11) is 0. The van der Waals surface area contributed by atoms with Gasteiger partial charge in [0.2, 0.25) is 11.8 Å². The summed E-state index contributed by atoms with van der Waals surface area (Å²) in [5, 5.41) is 27.7. The Hall–Kier alpha value is -2.84. The van der Waals surface area contributed by atoms with Crippen LogP contribution in [0.4, 0.5) is 0 Å². The number of aliphatic carboxylic acids is 1. The molecule has 40 heavy (non-hydrogen) atoms. The second-order valence-corrected chi connectivity index (χ2v) is 13.3. The zero-order valence-electron chi connectivity index (χ0n) is 22.7. The van der Waals surface area contributed by atoms with Crippen LogP contribution >= 0.6 is 11.8 Å². The molecule has 13 nitrogen and oxygen atoms in total. The van der Waals surface area contributed by atoms with Crippen molar-refractivity contribution >= 4 is 35.3 Å². The first-order valence-electron chi connectivity index (χ1n) is 14.2. The Morgan fingerprint density at radius 2 is 2.02 bits per heavy atom. The predicted molar refractivity (Wildman–Crippen MR) is 143 cm³/mol. The molecule has 4 saturated heterocycles. The number of carboxylic acids is 1. The van der Waals surface area contributed by atoms with Gasteiger partial charge in [0, 0.05) is 42.1 Å². The molecule has 1 aromatic rings. The van der Waals surface area contributed by atoms with Crippen LogP contribution in [0.15, 0.2) is 16.9 Å². The van der Waals surface area contributed by atoms with Gasteiger partial charge in [-0.1, -0.05) is 13.8 Å². The van der Waals surface area contributed by atoms with Crippen LogP contribution < -0.4 is 10.6 Å². The number of β-lactam (4-membered cyclic amide) rings is 1. The minimum absolute atomic E-state index is 0.0338. The average molecular weight is 573 g/mol. The van der Waals surface area contributed by atoms with Gasteiger partial charge in [-0.05, 0) is 54.1 Å². The van der Waals surface area contributed by atoms with Gasteiger partial charge in [0.15, 0.2) is 5.78 Å². The maximum atomic E-state index is 13.3. The third-order valence-electron chi connectivity index (χ3n) is 9.38. The quantitative estimate of drug-likeness (QED) is 0.329. The molecule has 1 unspecified atom stereocenters. The minimum atomic E-state index is -1.11. The van der Waals surface area contributed by atoms with Gasteiger partial charge in [-0.15, -0.1) is 16.9 Å². The van der Waals surface area contributed by atoms with Gasteiger partial charge in [0.05, 0.1) is 18.0 Å². The molecule has 6 rings (SSSR count). The monoisotopic (exact) mass is 572 g/mol. The van der Waals surface area contributed by atoms with Gasteiger partial charge < -0.3 is 25.5 Å². The Kier molecular flexibility index (Phi) is 7.42. The second kappa shape index (κ2) is 10.9. The number of ketones is 1. The summed E-state index contributed by atoms with van der Waals surface area (Å²) in [5.41, 5.74) is 0.0570. The molecule has 5 aliphatic heterocycles. The first kappa shape index (κ1) is 27.3. The van der Waals surface area contributed by atoms with Crippen molar-refractivity contribution in [3.05, 3.63) is 16.9 Å². The van der Waals surface area contributed by atoms with Crippen molar-refractivity contribution in [1.82, 2.24) is 40.6 Å². The van der Waals surface area contributed by atoms with Gasteiger partial charge in [-0.25, -0.2) is 9.48 Å². The lowest BCUT2D eigenvalue weighted by Crippen LogP contribution is -2.62. The standard InChI is InChI=1S/C26H36N8O5S/c1-13(5-17(35)11-33-12-29-30-31-33)20-21-14(2)23(22(26(38)39)34(21)25(20)37)40-18-6-19(28-9-18)24(36)32-4-3-15-7-27-8-16(15)10-32/h12-16,18-21,27-28H,3-11H2,1-2H3,(H,38,39)/t13-,14+,15?,16+,18-,19-,20+,21+/m0/s1. The van der Waals surface area contributed by atoms with E-state index in [1.807, 2.05) is 18.7 Å². The number of tetrazole rings is 1. The number of thioether (sulfide) groups is 1. The van der Waals surface area contributed by atoms with Gasteiger partial charge in [0.1, 0.15) is 18.6 Å². The van der Waals surface area contributed by atoms with E-state index in [0.717, 1.165) is 32.6 Å². The molecule has 8 atom stereocenters. The number of fused-ring (bicyclic) bond motifs is 2. The fraction of sp³-hybridized carbons (Fsp3) is 0.731. The summed E-state index contributed by atoms with van der Waals surface area (Å²) < 4.78 is 1.35. The van der Waals surface area contributed by atoms with Gasteiger partial charge >= 0.3 is 5.97 Å². The average Bonchev–Trinajstić information content (AvgIpc) is 3.71. The third-order valence-corrected chi connectivity index (χ3v) is 10.9. The number of likely N-dealkylation sites (tertiary alicyclic amines) is 1. The number of piperidine rings is 1. The van der Waals surface area contributed by atoms with Gasteiger partial charge in [-0.3, -0.25) is 14.4 Å². The molecule has 0 spiro atoms. The fourth-order valence-corrected chi connectivity index (χ4v) is 8.85. The maximum absolute atomic E-state index is 13.3. The number of hydrogen-bond donors (Lipinski definition) is 3. The lowest BCUT2D eigenvalue weighted by molar-refractivity contribution is -0.160. The molecule has 216 valence electrons. The zero-order valence-corrected chi connectivity index (χ0v) is 23.5. The van der Waals surface area contributed by atoms with E-state index in [1.54, 1.807) is 0 Å². The van der Waals surface area contributed by atoms with Crippen molar-refractivity contribution in [1.29, 1.82) is 0 Å². The first-order valence-corrected chi connectivity index (χ1v) is 15.0. The van der Waals surface area contributed by atoms with Crippen LogP contribution in [0.1, 0.15) is 33.1 Å². The lowest BCUT2D eigenvalue weighted by atomic mass is 9.73. The third kappa shape index (κ3) is 4.83. The molecule has 14 heteroatoms. The Morgan fingerprint density at radius 1 is 1.23 bits per heavy atom. The highest BCUT2D eigenvalue weighted by Gasteiger charge is 2.60.